The molecule has 35 heavy (non-hydrogen) atoms. The highest BCUT2D eigenvalue weighted by molar-refractivity contribution is 6.01. The molecular weight excluding hydrogens is 481 g/mol. The number of carbonyl (C=O) groups excluding carboxylic acids is 3. The summed E-state index contributed by atoms with van der Waals surface area (Å²) in [6, 6.07) is 4.94. The van der Waals surface area contributed by atoms with Gasteiger partial charge in [0.05, 0.1) is 19.0 Å². The van der Waals surface area contributed by atoms with Crippen LogP contribution in [0.2, 0.25) is 0 Å². The van der Waals surface area contributed by atoms with E-state index in [1.807, 2.05) is 0 Å². The lowest BCUT2D eigenvalue weighted by molar-refractivity contribution is -0.134. The van der Waals surface area contributed by atoms with E-state index >= 15 is 0 Å². The third-order valence-corrected chi connectivity index (χ3v) is 5.53. The number of imide groups is 1. The monoisotopic (exact) mass is 499 g/mol. The van der Waals surface area contributed by atoms with Gasteiger partial charge in [-0.2, -0.15) is 8.78 Å². The number of hydrogen-bond donors (Lipinski definition) is 2. The minimum atomic E-state index is -3.25. The number of nitrogens with zero attached hydrogens (tertiary/aromatic N) is 1. The second-order valence-electron chi connectivity index (χ2n) is 7.91. The minimum Gasteiger partial charge on any atom is -0.442 e. The fraction of sp³-hybridized carbons (Fsp3) is 0.318. The Morgan fingerprint density at radius 1 is 1.06 bits per heavy atom. The van der Waals surface area contributed by atoms with Crippen molar-refractivity contribution in [3.8, 4) is 5.75 Å². The molecule has 0 spiro atoms. The first kappa shape index (κ1) is 24.2. The zero-order valence-corrected chi connectivity index (χ0v) is 17.8. The number of amides is 3. The van der Waals surface area contributed by atoms with Gasteiger partial charge < -0.3 is 14.4 Å². The van der Waals surface area contributed by atoms with Gasteiger partial charge in [-0.1, -0.05) is 0 Å². The largest absolute Gasteiger partial charge is 0.442 e. The van der Waals surface area contributed by atoms with Crippen molar-refractivity contribution in [3.05, 3.63) is 53.3 Å². The maximum absolute atomic E-state index is 14.7. The highest BCUT2D eigenvalue weighted by Gasteiger charge is 2.35. The van der Waals surface area contributed by atoms with Gasteiger partial charge in [-0.15, -0.1) is 0 Å². The van der Waals surface area contributed by atoms with Crippen molar-refractivity contribution in [1.29, 1.82) is 0 Å². The van der Waals surface area contributed by atoms with Crippen LogP contribution in [0.15, 0.2) is 30.3 Å². The molecule has 4 rings (SSSR count). The summed E-state index contributed by atoms with van der Waals surface area (Å²) in [6.45, 7) is -3.04. The molecule has 186 valence electrons. The molecule has 2 aromatic carbocycles. The van der Waals surface area contributed by atoms with Crippen LogP contribution >= 0.6 is 0 Å². The number of nitrogens with one attached hydrogen (secondary N) is 2. The molecule has 0 saturated carbocycles. The normalized spacial score (nSPS) is 18.2. The lowest BCUT2D eigenvalue weighted by Gasteiger charge is -2.40. The van der Waals surface area contributed by atoms with Crippen LogP contribution in [-0.2, 0) is 14.3 Å². The van der Waals surface area contributed by atoms with Crippen LogP contribution in [0.1, 0.15) is 24.3 Å². The molecular formula is C22H18F5N3O5. The molecule has 2 saturated heterocycles. The first-order valence-corrected chi connectivity index (χ1v) is 10.4. The van der Waals surface area contributed by atoms with Crippen LogP contribution in [0, 0.1) is 17.5 Å². The molecule has 2 N–H and O–H groups in total. The van der Waals surface area contributed by atoms with Gasteiger partial charge in [0.2, 0.25) is 11.8 Å². The predicted molar refractivity (Wildman–Crippen MR) is 111 cm³/mol. The second-order valence-corrected chi connectivity index (χ2v) is 7.91. The fourth-order valence-corrected chi connectivity index (χ4v) is 3.84. The number of halogens is 5. The molecule has 0 radical (unpaired) electrons. The molecule has 2 aliphatic heterocycles. The van der Waals surface area contributed by atoms with Crippen molar-refractivity contribution in [3.63, 3.8) is 0 Å². The van der Waals surface area contributed by atoms with Crippen LogP contribution in [0.25, 0.3) is 0 Å². The summed E-state index contributed by atoms with van der Waals surface area (Å²) in [5.41, 5.74) is -0.291. The quantitative estimate of drug-likeness (QED) is 0.465. The van der Waals surface area contributed by atoms with Gasteiger partial charge in [0.25, 0.3) is 0 Å². The average molecular weight is 499 g/mol. The van der Waals surface area contributed by atoms with Crippen molar-refractivity contribution in [2.45, 2.75) is 31.5 Å². The van der Waals surface area contributed by atoms with E-state index in [1.165, 1.54) is 4.90 Å². The number of anilines is 2. The number of alkyl halides is 2. The first-order valence-electron chi connectivity index (χ1n) is 10.4. The fourth-order valence-electron chi connectivity index (χ4n) is 3.84. The van der Waals surface area contributed by atoms with Crippen LogP contribution < -0.4 is 20.3 Å². The van der Waals surface area contributed by atoms with Gasteiger partial charge >= 0.3 is 12.7 Å². The number of carbonyl (C=O) groups is 3. The van der Waals surface area contributed by atoms with Crippen LogP contribution in [0.5, 0.6) is 5.75 Å². The zero-order chi connectivity index (χ0) is 25.3. The van der Waals surface area contributed by atoms with Crippen LogP contribution in [0.4, 0.5) is 38.1 Å². The molecule has 2 fully saturated rings. The zero-order valence-electron chi connectivity index (χ0n) is 17.8. The van der Waals surface area contributed by atoms with E-state index in [0.29, 0.717) is 0 Å². The summed E-state index contributed by atoms with van der Waals surface area (Å²) in [4.78, 5) is 36.8. The van der Waals surface area contributed by atoms with Gasteiger partial charge in [0.15, 0.2) is 11.6 Å². The Morgan fingerprint density at radius 3 is 2.37 bits per heavy atom. The summed E-state index contributed by atoms with van der Waals surface area (Å²) in [6.07, 6.45) is -1.62. The van der Waals surface area contributed by atoms with Gasteiger partial charge in [0, 0.05) is 29.4 Å². The minimum absolute atomic E-state index is 0.00357. The molecule has 3 amide bonds. The Kier molecular flexibility index (Phi) is 6.76. The molecule has 0 aliphatic carbocycles. The average Bonchev–Trinajstić information content (AvgIpc) is 2.73. The lowest BCUT2D eigenvalue weighted by atomic mass is 9.89. The van der Waals surface area contributed by atoms with E-state index in [-0.39, 0.29) is 37.3 Å². The Balaban J connectivity index is 1.33. The van der Waals surface area contributed by atoms with Crippen molar-refractivity contribution in [2.24, 2.45) is 0 Å². The summed E-state index contributed by atoms with van der Waals surface area (Å²) in [7, 11) is 0. The molecule has 1 atom stereocenters. The van der Waals surface area contributed by atoms with Crippen molar-refractivity contribution < 1.29 is 45.8 Å². The Hall–Kier alpha value is -3.90. The van der Waals surface area contributed by atoms with Crippen LogP contribution in [-0.4, -0.2) is 43.7 Å². The number of rotatable bonds is 6. The molecule has 0 bridgehead atoms. The Bertz CT molecular complexity index is 1150. The SMILES string of the molecule is O=C1CCC(c2c(F)cc(N3CC(OC(=O)Nc4ccc(F)c(OC(F)F)c4)C3)cc2F)C(=O)N1. The van der Waals surface area contributed by atoms with E-state index in [0.717, 1.165) is 30.3 Å². The maximum atomic E-state index is 14.7. The molecule has 2 heterocycles. The van der Waals surface area contributed by atoms with Gasteiger partial charge in [0.1, 0.15) is 17.7 Å². The van der Waals surface area contributed by atoms with E-state index in [1.54, 1.807) is 0 Å². The molecule has 2 aliphatic rings. The third kappa shape index (κ3) is 5.44. The smallest absolute Gasteiger partial charge is 0.412 e. The van der Waals surface area contributed by atoms with E-state index in [9.17, 15) is 36.3 Å². The summed E-state index contributed by atoms with van der Waals surface area (Å²) in [5.74, 6) is -6.04. The highest BCUT2D eigenvalue weighted by atomic mass is 19.3. The van der Waals surface area contributed by atoms with Gasteiger partial charge in [-0.05, 0) is 30.7 Å². The van der Waals surface area contributed by atoms with Crippen LogP contribution in [0.3, 0.4) is 0 Å². The number of ether oxygens (including phenoxy) is 2. The maximum Gasteiger partial charge on any atom is 0.412 e. The number of benzene rings is 2. The molecule has 0 aromatic heterocycles. The molecule has 13 heteroatoms. The number of piperidine rings is 1. The second kappa shape index (κ2) is 9.76. The number of hydrogen-bond acceptors (Lipinski definition) is 6. The third-order valence-electron chi connectivity index (χ3n) is 5.53. The van der Waals surface area contributed by atoms with Crippen molar-refractivity contribution >= 4 is 29.3 Å². The highest BCUT2D eigenvalue weighted by Crippen LogP contribution is 2.33. The lowest BCUT2D eigenvalue weighted by Crippen LogP contribution is -2.53. The topological polar surface area (TPSA) is 97.0 Å². The Morgan fingerprint density at radius 2 is 1.74 bits per heavy atom. The van der Waals surface area contributed by atoms with Gasteiger partial charge in [-0.25, -0.2) is 18.0 Å². The van der Waals surface area contributed by atoms with E-state index in [4.69, 9.17) is 4.74 Å². The van der Waals surface area contributed by atoms with Crippen molar-refractivity contribution in [1.82, 2.24) is 5.32 Å². The standard InChI is InChI=1S/C22H18F5N3O5/c23-14-3-1-10(5-17(14)35-21(26)27)28-22(33)34-12-8-30(9-12)11-6-15(24)19(16(25)7-11)13-2-4-18(31)29-20(13)32/h1,3,5-7,12-13,21H,2,4,8-9H2,(H,28,33)(H,29,31,32). The van der Waals surface area contributed by atoms with E-state index in [2.05, 4.69) is 15.4 Å². The van der Waals surface area contributed by atoms with Crippen molar-refractivity contribution in [2.75, 3.05) is 23.3 Å². The Labute approximate surface area is 195 Å². The van der Waals surface area contributed by atoms with E-state index < -0.39 is 65.3 Å². The molecule has 1 unspecified atom stereocenters. The molecule has 2 aromatic rings. The predicted octanol–water partition coefficient (Wildman–Crippen LogP) is 3.66. The molecule has 8 nitrogen and oxygen atoms in total. The van der Waals surface area contributed by atoms with Gasteiger partial charge in [-0.3, -0.25) is 20.2 Å². The summed E-state index contributed by atoms with van der Waals surface area (Å²) in [5, 5.41) is 4.32. The summed E-state index contributed by atoms with van der Waals surface area (Å²) >= 11 is 0. The summed E-state index contributed by atoms with van der Waals surface area (Å²) < 4.78 is 76.6. The first-order chi connectivity index (χ1) is 16.6.